The average Bonchev–Trinajstić information content (AvgIpc) is 2.82. The largest absolute Gasteiger partial charge is 0.393 e. The third-order valence-electron chi connectivity index (χ3n) is 2.26. The van der Waals surface area contributed by atoms with Gasteiger partial charge in [0.25, 0.3) is 0 Å². The second-order valence-electron chi connectivity index (χ2n) is 4.48. The Morgan fingerprint density at radius 3 is 2.64 bits per heavy atom. The number of epoxide rings is 1. The van der Waals surface area contributed by atoms with Crippen LogP contribution in [-0.4, -0.2) is 33.9 Å². The van der Waals surface area contributed by atoms with Crippen LogP contribution in [0.25, 0.3) is 0 Å². The van der Waals surface area contributed by atoms with Crippen LogP contribution < -0.4 is 0 Å². The molecule has 0 aromatic rings. The molecule has 1 heterocycles. The van der Waals surface area contributed by atoms with E-state index in [2.05, 4.69) is 20.0 Å². The van der Waals surface area contributed by atoms with Gasteiger partial charge in [0.15, 0.2) is 8.32 Å². The van der Waals surface area contributed by atoms with Crippen LogP contribution >= 0.6 is 0 Å². The van der Waals surface area contributed by atoms with Crippen molar-refractivity contribution in [2.24, 2.45) is 0 Å². The quantitative estimate of drug-likeness (QED) is 0.373. The Bertz CT molecular complexity index is 169. The van der Waals surface area contributed by atoms with E-state index in [1.807, 2.05) is 6.92 Å². The molecule has 1 aliphatic rings. The summed E-state index contributed by atoms with van der Waals surface area (Å²) in [5.41, 5.74) is 0. The molecule has 4 heteroatoms. The van der Waals surface area contributed by atoms with Gasteiger partial charge in [0.2, 0.25) is 0 Å². The Hall–Kier alpha value is 0.0969. The number of hydrogen-bond donors (Lipinski definition) is 0. The van der Waals surface area contributed by atoms with Gasteiger partial charge < -0.3 is 13.9 Å². The van der Waals surface area contributed by atoms with Crippen LogP contribution in [0.4, 0.5) is 0 Å². The van der Waals surface area contributed by atoms with Crippen molar-refractivity contribution >= 4 is 8.32 Å². The molecule has 1 aliphatic heterocycles. The minimum Gasteiger partial charge on any atom is -0.393 e. The average molecular weight is 218 g/mol. The second kappa shape index (κ2) is 5.26. The van der Waals surface area contributed by atoms with Crippen LogP contribution in [0, 0.1) is 0 Å². The molecule has 3 nitrogen and oxygen atoms in total. The molecule has 0 spiro atoms. The number of ether oxygens (including phenoxy) is 2. The summed E-state index contributed by atoms with van der Waals surface area (Å²) in [5.74, 6) is 0. The molecular formula is C10H22O3Si. The van der Waals surface area contributed by atoms with E-state index in [9.17, 15) is 0 Å². The highest BCUT2D eigenvalue weighted by Crippen LogP contribution is 2.17. The maximum Gasteiger partial charge on any atom is 0.190 e. The minimum absolute atomic E-state index is 0.0765. The molecule has 0 aliphatic carbocycles. The van der Waals surface area contributed by atoms with Gasteiger partial charge in [-0.15, -0.1) is 0 Å². The fourth-order valence-corrected chi connectivity index (χ4v) is 3.84. The van der Waals surface area contributed by atoms with Gasteiger partial charge in [-0.1, -0.05) is 13.3 Å². The van der Waals surface area contributed by atoms with Crippen molar-refractivity contribution in [3.63, 3.8) is 0 Å². The SMILES string of the molecule is CCC[Si](C)(C)OC(C)OCC1CO1. The maximum absolute atomic E-state index is 5.92. The van der Waals surface area contributed by atoms with Crippen molar-refractivity contribution in [2.45, 2.75) is 51.8 Å². The summed E-state index contributed by atoms with van der Waals surface area (Å²) in [5, 5.41) is 0. The standard InChI is InChI=1S/C10H22O3Si/c1-5-6-14(3,4)13-9(2)11-7-10-8-12-10/h9-10H,5-8H2,1-4H3. The molecule has 14 heavy (non-hydrogen) atoms. The van der Waals surface area contributed by atoms with E-state index in [1.54, 1.807) is 0 Å². The van der Waals surface area contributed by atoms with E-state index >= 15 is 0 Å². The lowest BCUT2D eigenvalue weighted by Crippen LogP contribution is -2.35. The summed E-state index contributed by atoms with van der Waals surface area (Å²) in [7, 11) is -1.48. The van der Waals surface area contributed by atoms with E-state index in [1.165, 1.54) is 12.5 Å². The van der Waals surface area contributed by atoms with Crippen LogP contribution in [0.2, 0.25) is 19.1 Å². The van der Waals surface area contributed by atoms with Crippen LogP contribution in [-0.2, 0) is 13.9 Å². The first-order valence-corrected chi connectivity index (χ1v) is 8.56. The second-order valence-corrected chi connectivity index (χ2v) is 8.74. The first-order valence-electron chi connectivity index (χ1n) is 5.44. The Balaban J connectivity index is 2.12. The maximum atomic E-state index is 5.92. The van der Waals surface area contributed by atoms with Gasteiger partial charge in [-0.05, 0) is 26.1 Å². The third-order valence-corrected chi connectivity index (χ3v) is 4.93. The zero-order valence-corrected chi connectivity index (χ0v) is 10.7. The predicted molar refractivity (Wildman–Crippen MR) is 58.8 cm³/mol. The summed E-state index contributed by atoms with van der Waals surface area (Å²) >= 11 is 0. The van der Waals surface area contributed by atoms with Gasteiger partial charge in [-0.3, -0.25) is 0 Å². The van der Waals surface area contributed by atoms with Gasteiger partial charge in [0.1, 0.15) is 12.4 Å². The summed E-state index contributed by atoms with van der Waals surface area (Å²) in [6.07, 6.45) is 1.45. The number of rotatable bonds is 7. The molecular weight excluding hydrogens is 196 g/mol. The van der Waals surface area contributed by atoms with Gasteiger partial charge in [0.05, 0.1) is 13.2 Å². The topological polar surface area (TPSA) is 31.0 Å². The molecule has 0 amide bonds. The van der Waals surface area contributed by atoms with Crippen molar-refractivity contribution in [3.05, 3.63) is 0 Å². The molecule has 84 valence electrons. The van der Waals surface area contributed by atoms with E-state index in [0.717, 1.165) is 6.61 Å². The smallest absolute Gasteiger partial charge is 0.190 e. The first-order chi connectivity index (χ1) is 6.53. The highest BCUT2D eigenvalue weighted by molar-refractivity contribution is 6.71. The fraction of sp³-hybridized carbons (Fsp3) is 1.00. The highest BCUT2D eigenvalue weighted by atomic mass is 28.4. The van der Waals surface area contributed by atoms with Gasteiger partial charge >= 0.3 is 0 Å². The molecule has 2 unspecified atom stereocenters. The van der Waals surface area contributed by atoms with E-state index < -0.39 is 8.32 Å². The highest BCUT2D eigenvalue weighted by Gasteiger charge is 2.27. The Kier molecular flexibility index (Phi) is 4.57. The lowest BCUT2D eigenvalue weighted by Gasteiger charge is -2.26. The zero-order valence-electron chi connectivity index (χ0n) is 9.71. The Morgan fingerprint density at radius 2 is 2.14 bits per heavy atom. The van der Waals surface area contributed by atoms with E-state index in [4.69, 9.17) is 13.9 Å². The number of hydrogen-bond acceptors (Lipinski definition) is 3. The first kappa shape index (κ1) is 12.2. The van der Waals surface area contributed by atoms with Gasteiger partial charge in [-0.25, -0.2) is 0 Å². The molecule has 0 saturated carbocycles. The predicted octanol–water partition coefficient (Wildman–Crippen LogP) is 2.38. The molecule has 0 bridgehead atoms. The van der Waals surface area contributed by atoms with Gasteiger partial charge in [0, 0.05) is 0 Å². The minimum atomic E-state index is -1.48. The Labute approximate surface area is 87.9 Å². The molecule has 2 atom stereocenters. The summed E-state index contributed by atoms with van der Waals surface area (Å²) < 4.78 is 16.5. The van der Waals surface area contributed by atoms with Crippen molar-refractivity contribution < 1.29 is 13.9 Å². The van der Waals surface area contributed by atoms with Crippen LogP contribution in [0.5, 0.6) is 0 Å². The normalized spacial score (nSPS) is 23.6. The lowest BCUT2D eigenvalue weighted by molar-refractivity contribution is -0.0768. The summed E-state index contributed by atoms with van der Waals surface area (Å²) in [6, 6.07) is 1.20. The molecule has 0 aromatic carbocycles. The molecule has 0 radical (unpaired) electrons. The van der Waals surface area contributed by atoms with Crippen molar-refractivity contribution in [1.82, 2.24) is 0 Å². The zero-order chi connectivity index (χ0) is 10.6. The van der Waals surface area contributed by atoms with Gasteiger partial charge in [-0.2, -0.15) is 0 Å². The van der Waals surface area contributed by atoms with Crippen molar-refractivity contribution in [2.75, 3.05) is 13.2 Å². The van der Waals surface area contributed by atoms with Crippen LogP contribution in [0.15, 0.2) is 0 Å². The molecule has 1 fully saturated rings. The molecule has 0 N–H and O–H groups in total. The van der Waals surface area contributed by atoms with Crippen LogP contribution in [0.3, 0.4) is 0 Å². The van der Waals surface area contributed by atoms with Crippen molar-refractivity contribution in [3.8, 4) is 0 Å². The third kappa shape index (κ3) is 5.10. The monoisotopic (exact) mass is 218 g/mol. The molecule has 1 rings (SSSR count). The molecule has 1 saturated heterocycles. The molecule has 0 aromatic heterocycles. The lowest BCUT2D eigenvalue weighted by atomic mass is 10.5. The van der Waals surface area contributed by atoms with E-state index in [0.29, 0.717) is 12.7 Å². The van der Waals surface area contributed by atoms with E-state index in [-0.39, 0.29) is 6.29 Å². The fourth-order valence-electron chi connectivity index (χ4n) is 1.55. The summed E-state index contributed by atoms with van der Waals surface area (Å²) in [6.45, 7) is 10.2. The van der Waals surface area contributed by atoms with Crippen molar-refractivity contribution in [1.29, 1.82) is 0 Å². The van der Waals surface area contributed by atoms with Crippen LogP contribution in [0.1, 0.15) is 20.3 Å². The summed E-state index contributed by atoms with van der Waals surface area (Å²) in [4.78, 5) is 0. The Morgan fingerprint density at radius 1 is 1.50 bits per heavy atom.